The van der Waals surface area contributed by atoms with E-state index in [1.165, 1.54) is 38.5 Å². The van der Waals surface area contributed by atoms with Crippen molar-refractivity contribution in [1.29, 1.82) is 0 Å². The van der Waals surface area contributed by atoms with Crippen LogP contribution in [0.3, 0.4) is 0 Å². The summed E-state index contributed by atoms with van der Waals surface area (Å²) in [7, 11) is 0. The molecule has 0 bridgehead atoms. The second-order valence-electron chi connectivity index (χ2n) is 5.26. The van der Waals surface area contributed by atoms with Crippen LogP contribution in [0.25, 0.3) is 0 Å². The maximum Gasteiger partial charge on any atom is 0.222 e. The van der Waals surface area contributed by atoms with Gasteiger partial charge in [0.2, 0.25) is 5.91 Å². The van der Waals surface area contributed by atoms with E-state index in [0.29, 0.717) is 5.91 Å². The van der Waals surface area contributed by atoms with Crippen molar-refractivity contribution in [2.24, 2.45) is 5.73 Å². The van der Waals surface area contributed by atoms with Crippen LogP contribution in [-0.2, 0) is 4.79 Å². The van der Waals surface area contributed by atoms with Crippen molar-refractivity contribution in [3.63, 3.8) is 0 Å². The van der Waals surface area contributed by atoms with Crippen molar-refractivity contribution in [1.82, 2.24) is 4.90 Å². The molecule has 1 heterocycles. The van der Waals surface area contributed by atoms with E-state index >= 15 is 0 Å². The molecule has 17 heavy (non-hydrogen) atoms. The maximum atomic E-state index is 11.8. The summed E-state index contributed by atoms with van der Waals surface area (Å²) in [4.78, 5) is 13.7. The quantitative estimate of drug-likeness (QED) is 0.663. The fraction of sp³-hybridized carbons (Fsp3) is 0.929. The molecule has 0 saturated carbocycles. The predicted molar refractivity (Wildman–Crippen MR) is 71.8 cm³/mol. The fourth-order valence-electron chi connectivity index (χ4n) is 2.41. The van der Waals surface area contributed by atoms with Gasteiger partial charge in [-0.15, -0.1) is 0 Å². The van der Waals surface area contributed by atoms with Gasteiger partial charge < -0.3 is 10.6 Å². The highest BCUT2D eigenvalue weighted by atomic mass is 16.2. The molecule has 1 unspecified atom stereocenters. The molecule has 1 aliphatic heterocycles. The first-order valence-corrected chi connectivity index (χ1v) is 7.27. The molecule has 1 saturated heterocycles. The van der Waals surface area contributed by atoms with Gasteiger partial charge >= 0.3 is 0 Å². The smallest absolute Gasteiger partial charge is 0.222 e. The molecule has 3 nitrogen and oxygen atoms in total. The summed E-state index contributed by atoms with van der Waals surface area (Å²) in [5.74, 6) is 0.312. The van der Waals surface area contributed by atoms with Gasteiger partial charge in [-0.05, 0) is 12.8 Å². The normalized spacial score (nSPS) is 19.9. The number of nitrogens with zero attached hydrogens (tertiary/aromatic N) is 1. The average Bonchev–Trinajstić information content (AvgIpc) is 2.74. The highest BCUT2D eigenvalue weighted by Gasteiger charge is 2.22. The van der Waals surface area contributed by atoms with Gasteiger partial charge in [-0.3, -0.25) is 4.79 Å². The maximum absolute atomic E-state index is 11.8. The third kappa shape index (κ3) is 6.06. The second-order valence-corrected chi connectivity index (χ2v) is 5.26. The van der Waals surface area contributed by atoms with E-state index in [9.17, 15) is 4.79 Å². The van der Waals surface area contributed by atoms with E-state index in [1.54, 1.807) is 0 Å². The van der Waals surface area contributed by atoms with Crippen LogP contribution >= 0.6 is 0 Å². The van der Waals surface area contributed by atoms with Gasteiger partial charge in [0.25, 0.3) is 0 Å². The van der Waals surface area contributed by atoms with Gasteiger partial charge in [0.1, 0.15) is 0 Å². The lowest BCUT2D eigenvalue weighted by Gasteiger charge is -2.15. The number of hydrogen-bond acceptors (Lipinski definition) is 2. The van der Waals surface area contributed by atoms with Gasteiger partial charge in [0.05, 0.1) is 0 Å². The number of nitrogens with two attached hydrogens (primary N) is 1. The molecule has 1 amide bonds. The number of hydrogen-bond donors (Lipinski definition) is 1. The van der Waals surface area contributed by atoms with Crippen LogP contribution in [0.5, 0.6) is 0 Å². The Balaban J connectivity index is 1.93. The topological polar surface area (TPSA) is 46.3 Å². The molecule has 0 aromatic carbocycles. The average molecular weight is 240 g/mol. The zero-order chi connectivity index (χ0) is 12.5. The monoisotopic (exact) mass is 240 g/mol. The van der Waals surface area contributed by atoms with E-state index in [-0.39, 0.29) is 6.04 Å². The van der Waals surface area contributed by atoms with Gasteiger partial charge in [-0.1, -0.05) is 45.4 Å². The van der Waals surface area contributed by atoms with Crippen molar-refractivity contribution in [2.75, 3.05) is 13.1 Å². The minimum Gasteiger partial charge on any atom is -0.341 e. The van der Waals surface area contributed by atoms with E-state index in [4.69, 9.17) is 5.73 Å². The van der Waals surface area contributed by atoms with Gasteiger partial charge in [0, 0.05) is 25.6 Å². The molecule has 0 aliphatic carbocycles. The molecule has 100 valence electrons. The van der Waals surface area contributed by atoms with Crippen LogP contribution in [0.15, 0.2) is 0 Å². The summed E-state index contributed by atoms with van der Waals surface area (Å²) < 4.78 is 0. The summed E-state index contributed by atoms with van der Waals surface area (Å²) in [6.45, 7) is 3.88. The molecule has 1 aliphatic rings. The molecule has 0 spiro atoms. The van der Waals surface area contributed by atoms with E-state index in [2.05, 4.69) is 6.92 Å². The van der Waals surface area contributed by atoms with Gasteiger partial charge in [0.15, 0.2) is 0 Å². The molecular formula is C14H28N2O. The zero-order valence-corrected chi connectivity index (χ0v) is 11.3. The predicted octanol–water partition coefficient (Wildman–Crippen LogP) is 2.69. The highest BCUT2D eigenvalue weighted by molar-refractivity contribution is 5.76. The lowest BCUT2D eigenvalue weighted by Crippen LogP contribution is -2.31. The van der Waals surface area contributed by atoms with Gasteiger partial charge in [-0.25, -0.2) is 0 Å². The van der Waals surface area contributed by atoms with Crippen molar-refractivity contribution in [3.8, 4) is 0 Å². The summed E-state index contributed by atoms with van der Waals surface area (Å²) >= 11 is 0. The Morgan fingerprint density at radius 2 is 1.82 bits per heavy atom. The second kappa shape index (κ2) is 8.51. The molecule has 3 heteroatoms. The Bertz CT molecular complexity index is 218. The molecule has 1 rings (SSSR count). The number of unbranched alkanes of at least 4 members (excludes halogenated alkanes) is 6. The van der Waals surface area contributed by atoms with E-state index in [1.807, 2.05) is 4.90 Å². The Morgan fingerprint density at radius 3 is 2.41 bits per heavy atom. The van der Waals surface area contributed by atoms with Crippen LogP contribution in [0, 0.1) is 0 Å². The highest BCUT2D eigenvalue weighted by Crippen LogP contribution is 2.12. The Hall–Kier alpha value is -0.570. The van der Waals surface area contributed by atoms with E-state index < -0.39 is 0 Å². The number of carbonyl (C=O) groups is 1. The summed E-state index contributed by atoms with van der Waals surface area (Å²) in [6.07, 6.45) is 10.6. The molecule has 0 radical (unpaired) electrons. The van der Waals surface area contributed by atoms with Crippen molar-refractivity contribution >= 4 is 5.91 Å². The number of likely N-dealkylation sites (tertiary alicyclic amines) is 1. The number of amides is 1. The summed E-state index contributed by atoms with van der Waals surface area (Å²) in [5, 5.41) is 0. The minimum absolute atomic E-state index is 0.216. The lowest BCUT2D eigenvalue weighted by atomic mass is 10.1. The standard InChI is InChI=1S/C14H28N2O/c1-2-3-4-5-6-7-8-9-14(17)16-11-10-13(15)12-16/h13H,2-12,15H2,1H3. The van der Waals surface area contributed by atoms with Crippen molar-refractivity contribution in [3.05, 3.63) is 0 Å². The Morgan fingerprint density at radius 1 is 1.18 bits per heavy atom. The van der Waals surface area contributed by atoms with Crippen LogP contribution in [-0.4, -0.2) is 29.9 Å². The Labute approximate surface area is 106 Å². The molecular weight excluding hydrogens is 212 g/mol. The van der Waals surface area contributed by atoms with Crippen molar-refractivity contribution in [2.45, 2.75) is 70.8 Å². The first-order chi connectivity index (χ1) is 8.24. The fourth-order valence-corrected chi connectivity index (χ4v) is 2.41. The summed E-state index contributed by atoms with van der Waals surface area (Å²) in [6, 6.07) is 0.216. The van der Waals surface area contributed by atoms with Crippen LogP contribution in [0.1, 0.15) is 64.7 Å². The van der Waals surface area contributed by atoms with Crippen LogP contribution < -0.4 is 5.73 Å². The zero-order valence-electron chi connectivity index (χ0n) is 11.3. The van der Waals surface area contributed by atoms with Crippen LogP contribution in [0.4, 0.5) is 0 Å². The summed E-state index contributed by atoms with van der Waals surface area (Å²) in [5.41, 5.74) is 5.79. The first kappa shape index (κ1) is 14.5. The minimum atomic E-state index is 0.216. The van der Waals surface area contributed by atoms with Crippen LogP contribution in [0.2, 0.25) is 0 Å². The van der Waals surface area contributed by atoms with Crippen molar-refractivity contribution < 1.29 is 4.79 Å². The lowest BCUT2D eigenvalue weighted by molar-refractivity contribution is -0.130. The molecule has 1 fully saturated rings. The first-order valence-electron chi connectivity index (χ1n) is 7.27. The molecule has 1 atom stereocenters. The largest absolute Gasteiger partial charge is 0.341 e. The third-order valence-electron chi connectivity index (χ3n) is 3.57. The number of rotatable bonds is 8. The number of carbonyl (C=O) groups excluding carboxylic acids is 1. The molecule has 2 N–H and O–H groups in total. The SMILES string of the molecule is CCCCCCCCCC(=O)N1CCC(N)C1. The molecule has 0 aromatic rings. The molecule has 0 aromatic heterocycles. The Kier molecular flexibility index (Phi) is 7.25. The third-order valence-corrected chi connectivity index (χ3v) is 3.57. The van der Waals surface area contributed by atoms with E-state index in [0.717, 1.165) is 32.4 Å². The van der Waals surface area contributed by atoms with Gasteiger partial charge in [-0.2, -0.15) is 0 Å².